The largest absolute Gasteiger partial charge is 0.378 e. The number of sulfonamides is 1. The standard InChI is InChI=1S/C21H32N2O4S/c1-16(8-11-19-7-5-15-27-19)22-21(24)18-9-12-20(13-10-18)28(25,26)23-14-4-3-6-17(23)2/h9-10,12-13,16-17,19H,3-8,11,14-15H2,1-2H3,(H,22,24). The molecule has 0 radical (unpaired) electrons. The van der Waals surface area contributed by atoms with Gasteiger partial charge in [0.05, 0.1) is 11.0 Å². The Balaban J connectivity index is 1.57. The fourth-order valence-corrected chi connectivity index (χ4v) is 5.73. The van der Waals surface area contributed by atoms with Crippen LogP contribution in [0.15, 0.2) is 29.2 Å². The molecule has 0 saturated carbocycles. The molecule has 1 amide bonds. The molecule has 2 aliphatic rings. The predicted molar refractivity (Wildman–Crippen MR) is 109 cm³/mol. The fourth-order valence-electron chi connectivity index (χ4n) is 4.03. The first kappa shape index (κ1) is 21.3. The van der Waals surface area contributed by atoms with E-state index < -0.39 is 10.0 Å². The third-order valence-corrected chi connectivity index (χ3v) is 7.82. The minimum atomic E-state index is -3.51. The average molecular weight is 409 g/mol. The first-order chi connectivity index (χ1) is 13.4. The monoisotopic (exact) mass is 408 g/mol. The highest BCUT2D eigenvalue weighted by molar-refractivity contribution is 7.89. The van der Waals surface area contributed by atoms with Crippen LogP contribution in [0, 0.1) is 0 Å². The van der Waals surface area contributed by atoms with Crippen molar-refractivity contribution in [2.75, 3.05) is 13.2 Å². The zero-order valence-electron chi connectivity index (χ0n) is 16.9. The van der Waals surface area contributed by atoms with Gasteiger partial charge in [-0.05, 0) is 76.6 Å². The fraction of sp³-hybridized carbons (Fsp3) is 0.667. The van der Waals surface area contributed by atoms with Gasteiger partial charge >= 0.3 is 0 Å². The molecule has 0 aliphatic carbocycles. The van der Waals surface area contributed by atoms with Crippen LogP contribution in [0.25, 0.3) is 0 Å². The summed E-state index contributed by atoms with van der Waals surface area (Å²) in [6, 6.07) is 6.36. The number of benzene rings is 1. The van der Waals surface area contributed by atoms with E-state index in [1.54, 1.807) is 28.6 Å². The number of hydrogen-bond acceptors (Lipinski definition) is 4. The summed E-state index contributed by atoms with van der Waals surface area (Å²) >= 11 is 0. The number of rotatable bonds is 7. The van der Waals surface area contributed by atoms with Gasteiger partial charge in [0.1, 0.15) is 0 Å². The number of nitrogens with zero attached hydrogens (tertiary/aromatic N) is 1. The molecule has 0 aromatic heterocycles. The van der Waals surface area contributed by atoms with Gasteiger partial charge in [-0.1, -0.05) is 6.42 Å². The van der Waals surface area contributed by atoms with Crippen molar-refractivity contribution in [2.45, 2.75) is 81.9 Å². The first-order valence-electron chi connectivity index (χ1n) is 10.4. The molecule has 28 heavy (non-hydrogen) atoms. The molecule has 1 aromatic carbocycles. The molecule has 7 heteroatoms. The number of nitrogens with one attached hydrogen (secondary N) is 1. The molecule has 156 valence electrons. The molecular formula is C21H32N2O4S. The maximum atomic E-state index is 12.9. The smallest absolute Gasteiger partial charge is 0.251 e. The molecule has 1 N–H and O–H groups in total. The number of ether oxygens (including phenoxy) is 1. The van der Waals surface area contributed by atoms with Crippen molar-refractivity contribution in [3.05, 3.63) is 29.8 Å². The third-order valence-electron chi connectivity index (χ3n) is 5.79. The van der Waals surface area contributed by atoms with Crippen molar-refractivity contribution in [2.24, 2.45) is 0 Å². The van der Waals surface area contributed by atoms with Gasteiger partial charge in [0.2, 0.25) is 10.0 Å². The summed E-state index contributed by atoms with van der Waals surface area (Å²) < 4.78 is 33.0. The van der Waals surface area contributed by atoms with Gasteiger partial charge in [-0.2, -0.15) is 4.31 Å². The van der Waals surface area contributed by atoms with E-state index in [2.05, 4.69) is 5.32 Å². The highest BCUT2D eigenvalue weighted by Crippen LogP contribution is 2.25. The van der Waals surface area contributed by atoms with Crippen molar-refractivity contribution in [3.8, 4) is 0 Å². The average Bonchev–Trinajstić information content (AvgIpc) is 3.20. The maximum Gasteiger partial charge on any atom is 0.251 e. The molecule has 2 saturated heterocycles. The van der Waals surface area contributed by atoms with Crippen LogP contribution < -0.4 is 5.32 Å². The van der Waals surface area contributed by atoms with E-state index in [0.717, 1.165) is 51.6 Å². The summed E-state index contributed by atoms with van der Waals surface area (Å²) in [5.41, 5.74) is 0.481. The maximum absolute atomic E-state index is 12.9. The second-order valence-electron chi connectivity index (χ2n) is 8.07. The molecule has 3 unspecified atom stereocenters. The number of carbonyl (C=O) groups excluding carboxylic acids is 1. The molecule has 6 nitrogen and oxygen atoms in total. The topological polar surface area (TPSA) is 75.7 Å². The van der Waals surface area contributed by atoms with Crippen LogP contribution in [-0.2, 0) is 14.8 Å². The molecule has 1 aromatic rings. The molecule has 3 atom stereocenters. The molecule has 2 aliphatic heterocycles. The van der Waals surface area contributed by atoms with Crippen LogP contribution in [0.2, 0.25) is 0 Å². The van der Waals surface area contributed by atoms with Crippen molar-refractivity contribution in [1.82, 2.24) is 9.62 Å². The van der Waals surface area contributed by atoms with Crippen molar-refractivity contribution in [1.29, 1.82) is 0 Å². The predicted octanol–water partition coefficient (Wildman–Crippen LogP) is 3.33. The molecular weight excluding hydrogens is 376 g/mol. The number of amides is 1. The van der Waals surface area contributed by atoms with Gasteiger partial charge in [-0.15, -0.1) is 0 Å². The van der Waals surface area contributed by atoms with Gasteiger partial charge in [-0.3, -0.25) is 4.79 Å². The Bertz CT molecular complexity index is 757. The van der Waals surface area contributed by atoms with E-state index in [9.17, 15) is 13.2 Å². The van der Waals surface area contributed by atoms with Crippen LogP contribution >= 0.6 is 0 Å². The number of piperidine rings is 1. The summed E-state index contributed by atoms with van der Waals surface area (Å²) in [5.74, 6) is -0.171. The second-order valence-corrected chi connectivity index (χ2v) is 9.96. The normalized spacial score (nSPS) is 24.8. The Morgan fingerprint density at radius 1 is 1.21 bits per heavy atom. The Morgan fingerprint density at radius 2 is 1.96 bits per heavy atom. The van der Waals surface area contributed by atoms with Crippen LogP contribution in [0.4, 0.5) is 0 Å². The minimum Gasteiger partial charge on any atom is -0.378 e. The van der Waals surface area contributed by atoms with Crippen molar-refractivity contribution in [3.63, 3.8) is 0 Å². The molecule has 2 fully saturated rings. The van der Waals surface area contributed by atoms with E-state index in [0.29, 0.717) is 18.2 Å². The summed E-state index contributed by atoms with van der Waals surface area (Å²) in [5, 5.41) is 2.99. The zero-order chi connectivity index (χ0) is 20.1. The van der Waals surface area contributed by atoms with Crippen LogP contribution in [0.5, 0.6) is 0 Å². The van der Waals surface area contributed by atoms with E-state index in [1.807, 2.05) is 13.8 Å². The number of hydrogen-bond donors (Lipinski definition) is 1. The summed E-state index contributed by atoms with van der Waals surface area (Å²) in [6.07, 6.45) is 7.22. The quantitative estimate of drug-likeness (QED) is 0.751. The Kier molecular flexibility index (Phi) is 7.12. The highest BCUT2D eigenvalue weighted by atomic mass is 32.2. The lowest BCUT2D eigenvalue weighted by molar-refractivity contribution is 0.0899. The SMILES string of the molecule is CC(CCC1CCCO1)NC(=O)c1ccc(S(=O)(=O)N2CCCCC2C)cc1. The highest BCUT2D eigenvalue weighted by Gasteiger charge is 2.31. The van der Waals surface area contributed by atoms with Gasteiger partial charge in [-0.25, -0.2) is 8.42 Å². The van der Waals surface area contributed by atoms with Crippen LogP contribution in [0.3, 0.4) is 0 Å². The van der Waals surface area contributed by atoms with Crippen molar-refractivity contribution >= 4 is 15.9 Å². The summed E-state index contributed by atoms with van der Waals surface area (Å²) in [6.45, 7) is 5.35. The second kappa shape index (κ2) is 9.37. The van der Waals surface area contributed by atoms with Crippen molar-refractivity contribution < 1.29 is 17.9 Å². The lowest BCUT2D eigenvalue weighted by atomic mass is 10.1. The van der Waals surface area contributed by atoms with Crippen LogP contribution in [-0.4, -0.2) is 50.0 Å². The van der Waals surface area contributed by atoms with Crippen LogP contribution in [0.1, 0.15) is 69.2 Å². The van der Waals surface area contributed by atoms with E-state index in [1.165, 1.54) is 0 Å². The third kappa shape index (κ3) is 5.13. The van der Waals surface area contributed by atoms with Gasteiger partial charge < -0.3 is 10.1 Å². The Morgan fingerprint density at radius 3 is 2.61 bits per heavy atom. The van der Waals surface area contributed by atoms with E-state index in [4.69, 9.17) is 4.74 Å². The Labute approximate surface area is 168 Å². The zero-order valence-corrected chi connectivity index (χ0v) is 17.7. The first-order valence-corrected chi connectivity index (χ1v) is 11.9. The number of carbonyl (C=O) groups is 1. The molecule has 3 rings (SSSR count). The Hall–Kier alpha value is -1.44. The molecule has 0 spiro atoms. The van der Waals surface area contributed by atoms with Gasteiger partial charge in [0.25, 0.3) is 5.91 Å². The molecule has 2 heterocycles. The molecule has 0 bridgehead atoms. The van der Waals surface area contributed by atoms with E-state index >= 15 is 0 Å². The summed E-state index contributed by atoms with van der Waals surface area (Å²) in [4.78, 5) is 12.7. The lowest BCUT2D eigenvalue weighted by Crippen LogP contribution is -2.41. The minimum absolute atomic E-state index is 0.0198. The van der Waals surface area contributed by atoms with Gasteiger partial charge in [0, 0.05) is 30.8 Å². The van der Waals surface area contributed by atoms with E-state index in [-0.39, 0.29) is 22.9 Å². The summed E-state index contributed by atoms with van der Waals surface area (Å²) in [7, 11) is -3.51. The van der Waals surface area contributed by atoms with Gasteiger partial charge in [0.15, 0.2) is 0 Å². The lowest BCUT2D eigenvalue weighted by Gasteiger charge is -2.32.